The number of benzene rings is 5. The molecule has 0 fully saturated rings. The molecule has 0 radical (unpaired) electrons. The number of halogens is 1. The molecule has 0 saturated carbocycles. The Hall–Kier alpha value is -6.07. The summed E-state index contributed by atoms with van der Waals surface area (Å²) in [7, 11) is 0. The summed E-state index contributed by atoms with van der Waals surface area (Å²) in [6.07, 6.45) is -17.3. The summed E-state index contributed by atoms with van der Waals surface area (Å²) in [5.74, 6) is -1.08. The monoisotopic (exact) mass is 1000 g/mol. The SMILES string of the molecule is [2H]c1c(F)c(C([2H])([2H])C(C)(C)C)cc2c1oc1c(-c3ccc(C([2H])([2H])C([2H])([2H])c4cc(C([2H])([2H])C([2H])([2H])c5ccc(-c6[c-]cccc6)nc5)cc(C([2H])([2H])C([2H])([2H])c5ccc(-c6[c-]cccc6)nc5)c4)cn3)[c-]ccc12.[Ir+3]. The Kier molecular flexibility index (Phi) is 8.47. The first-order valence-corrected chi connectivity index (χ1v) is 19.5. The van der Waals surface area contributed by atoms with Crippen molar-refractivity contribution in [3.05, 3.63) is 209 Å². The van der Waals surface area contributed by atoms with Gasteiger partial charge in [0, 0.05) is 49.2 Å². The van der Waals surface area contributed by atoms with E-state index in [2.05, 4.69) is 33.2 Å². The molecule has 62 heavy (non-hydrogen) atoms. The van der Waals surface area contributed by atoms with Gasteiger partial charge in [-0.3, -0.25) is 0 Å². The van der Waals surface area contributed by atoms with E-state index in [4.69, 9.17) is 8.53 Å². The third kappa shape index (κ3) is 10.2. The maximum Gasteiger partial charge on any atom is 3.00 e. The quantitative estimate of drug-likeness (QED) is 0.108. The van der Waals surface area contributed by atoms with Crippen LogP contribution in [0.4, 0.5) is 4.39 Å². The van der Waals surface area contributed by atoms with E-state index in [1.807, 2.05) is 0 Å². The minimum Gasteiger partial charge on any atom is -0.500 e. The van der Waals surface area contributed by atoms with Gasteiger partial charge < -0.3 is 19.4 Å². The minimum absolute atomic E-state index is 0. The molecule has 4 aromatic heterocycles. The van der Waals surface area contributed by atoms with E-state index in [9.17, 15) is 16.4 Å². The molecule has 0 aliphatic rings. The molecule has 0 unspecified atom stereocenters. The number of aryl methyl sites for hydroxylation is 6. The molecule has 0 aliphatic heterocycles. The van der Waals surface area contributed by atoms with Crippen LogP contribution in [0.15, 0.2) is 150 Å². The van der Waals surface area contributed by atoms with Gasteiger partial charge in [0.15, 0.2) is 0 Å². The van der Waals surface area contributed by atoms with Crippen LogP contribution in [0.25, 0.3) is 55.7 Å². The van der Waals surface area contributed by atoms with E-state index in [1.54, 1.807) is 75.4 Å². The first-order chi connectivity index (χ1) is 35.4. The van der Waals surface area contributed by atoms with Crippen LogP contribution in [0.1, 0.15) is 80.3 Å². The van der Waals surface area contributed by atoms with Crippen molar-refractivity contribution in [2.45, 2.75) is 65.4 Å². The molecule has 0 atom stereocenters. The molecular weight excluding hydrogens is 942 g/mol. The maximum absolute atomic E-state index is 15.8. The Morgan fingerprint density at radius 3 is 1.53 bits per heavy atom. The molecule has 0 amide bonds. The summed E-state index contributed by atoms with van der Waals surface area (Å²) in [6.45, 7) is 4.87. The Morgan fingerprint density at radius 2 is 1.08 bits per heavy atom. The van der Waals surface area contributed by atoms with Crippen LogP contribution in [-0.2, 0) is 64.7 Å². The zero-order valence-electron chi connectivity index (χ0n) is 48.7. The third-order valence-electron chi connectivity index (χ3n) is 9.45. The van der Waals surface area contributed by atoms with Crippen LogP contribution in [-0.4, -0.2) is 15.0 Å². The number of fused-ring (bicyclic) bond motifs is 3. The molecule has 0 spiro atoms. The standard InChI is InChI=1S/C56H47FN3O.Ir/c1-56(2,3)34-46-32-49-47-15-10-16-48(55(47)61-54(49)33-50(46)57)53-28-25-40(37-60-53)19-22-43-30-41(20-17-38-23-26-51(58-35-38)44-11-6-4-7-12-44)29-42(31-43)21-18-39-24-27-52(59-36-39)45-13-8-5-9-14-45;/h4-11,13,15,23-33,35-37H,17-22,34H2,1-3H3;/q-3;+3/i17D2,18D2,19D2,20D2,21D2,22D2,33D,34D2;. The molecule has 5 aromatic carbocycles. The average Bonchev–Trinajstić information content (AvgIpc) is 3.79. The third-order valence-corrected chi connectivity index (χ3v) is 9.45. The molecular formula is C56H47FIrN3O. The van der Waals surface area contributed by atoms with E-state index in [0.29, 0.717) is 27.9 Å². The first-order valence-electron chi connectivity index (χ1n) is 27.0. The zero-order valence-corrected chi connectivity index (χ0v) is 36.1. The number of hydrogen-bond donors (Lipinski definition) is 0. The summed E-state index contributed by atoms with van der Waals surface area (Å²) >= 11 is 0. The van der Waals surface area contributed by atoms with Gasteiger partial charge in [0.1, 0.15) is 11.4 Å². The van der Waals surface area contributed by atoms with Crippen LogP contribution in [0.5, 0.6) is 0 Å². The number of hydrogen-bond acceptors (Lipinski definition) is 4. The van der Waals surface area contributed by atoms with Gasteiger partial charge in [0.05, 0.1) is 6.95 Å². The normalized spacial score (nSPS) is 16.7. The van der Waals surface area contributed by atoms with Crippen LogP contribution in [0.2, 0.25) is 0 Å². The van der Waals surface area contributed by atoms with Gasteiger partial charge in [0.25, 0.3) is 0 Å². The van der Waals surface area contributed by atoms with Gasteiger partial charge in [-0.15, -0.1) is 90.0 Å². The summed E-state index contributed by atoms with van der Waals surface area (Å²) in [4.78, 5) is 13.2. The molecule has 4 nitrogen and oxygen atoms in total. The van der Waals surface area contributed by atoms with Gasteiger partial charge in [-0.1, -0.05) is 86.3 Å². The minimum atomic E-state index is -3.20. The second-order valence-corrected chi connectivity index (χ2v) is 15.2. The van der Waals surface area contributed by atoms with Gasteiger partial charge in [0.2, 0.25) is 0 Å². The van der Waals surface area contributed by atoms with Crippen molar-refractivity contribution in [2.75, 3.05) is 0 Å². The Labute approximate surface area is 398 Å². The number of aromatic nitrogens is 3. The Morgan fingerprint density at radius 1 is 0.581 bits per heavy atom. The van der Waals surface area contributed by atoms with Gasteiger partial charge >= 0.3 is 20.1 Å². The fourth-order valence-electron chi connectivity index (χ4n) is 6.63. The molecule has 6 heteroatoms. The van der Waals surface area contributed by atoms with E-state index in [1.165, 1.54) is 48.5 Å². The van der Waals surface area contributed by atoms with Crippen molar-refractivity contribution >= 4 is 21.9 Å². The molecule has 0 saturated heterocycles. The van der Waals surface area contributed by atoms with Crippen molar-refractivity contribution in [3.63, 3.8) is 0 Å². The molecule has 9 rings (SSSR count). The molecule has 9 aromatic rings. The molecule has 308 valence electrons. The van der Waals surface area contributed by atoms with Crippen LogP contribution in [0.3, 0.4) is 0 Å². The average molecular weight is 1000 g/mol. The van der Waals surface area contributed by atoms with Crippen molar-refractivity contribution < 1.29 is 49.5 Å². The smallest absolute Gasteiger partial charge is 0.500 e. The Balaban J connectivity index is 0.00000784. The number of pyridine rings is 3. The van der Waals surface area contributed by atoms with Crippen molar-refractivity contribution in [1.82, 2.24) is 15.0 Å². The van der Waals surface area contributed by atoms with Crippen LogP contribution in [0, 0.1) is 29.4 Å². The fourth-order valence-corrected chi connectivity index (χ4v) is 6.63. The summed E-state index contributed by atoms with van der Waals surface area (Å²) in [5.41, 5.74) is -1.71. The second-order valence-electron chi connectivity index (χ2n) is 15.2. The van der Waals surface area contributed by atoms with Crippen LogP contribution < -0.4 is 0 Å². The van der Waals surface area contributed by atoms with Crippen molar-refractivity contribution in [2.24, 2.45) is 5.41 Å². The summed E-state index contributed by atoms with van der Waals surface area (Å²) in [5, 5.41) is 0.661. The molecule has 4 heterocycles. The second kappa shape index (κ2) is 18.9. The summed E-state index contributed by atoms with van der Waals surface area (Å²) in [6, 6.07) is 37.8. The maximum atomic E-state index is 15.8. The topological polar surface area (TPSA) is 51.8 Å². The predicted molar refractivity (Wildman–Crippen MR) is 245 cm³/mol. The van der Waals surface area contributed by atoms with Crippen molar-refractivity contribution in [3.8, 4) is 33.8 Å². The number of nitrogens with zero attached hydrogens (tertiary/aromatic N) is 3. The van der Waals surface area contributed by atoms with Gasteiger partial charge in [-0.25, -0.2) is 4.39 Å². The van der Waals surface area contributed by atoms with E-state index >= 15 is 4.39 Å². The van der Waals surface area contributed by atoms with Crippen molar-refractivity contribution in [1.29, 1.82) is 0 Å². The fraction of sp³-hybridized carbons (Fsp3) is 0.196. The largest absolute Gasteiger partial charge is 3.00 e. The number of rotatable bonds is 13. The molecule has 0 bridgehead atoms. The van der Waals surface area contributed by atoms with Gasteiger partial charge in [-0.05, 0) is 112 Å². The number of furan rings is 1. The van der Waals surface area contributed by atoms with E-state index < -0.39 is 78.6 Å². The Bertz CT molecular complexity index is 3500. The van der Waals surface area contributed by atoms with Crippen LogP contribution >= 0.6 is 0 Å². The van der Waals surface area contributed by atoms with Gasteiger partial charge in [-0.2, -0.15) is 0 Å². The molecule has 0 N–H and O–H groups in total. The van der Waals surface area contributed by atoms with E-state index in [0.717, 1.165) is 36.8 Å². The predicted octanol–water partition coefficient (Wildman–Crippen LogP) is 13.3. The summed E-state index contributed by atoms with van der Waals surface area (Å²) < 4.78 is 160. The molecule has 0 aliphatic carbocycles. The zero-order chi connectivity index (χ0) is 55.2. The van der Waals surface area contributed by atoms with E-state index in [-0.39, 0.29) is 70.2 Å². The first kappa shape index (κ1) is 27.8.